The van der Waals surface area contributed by atoms with Gasteiger partial charge in [-0.05, 0) is 12.3 Å². The number of carbonyl (C=O) groups is 3. The molecule has 0 spiro atoms. The number of carbonyl (C=O) groups excluding carboxylic acids is 2. The molecule has 0 fully saturated rings. The third-order valence-electron chi connectivity index (χ3n) is 2.96. The van der Waals surface area contributed by atoms with Gasteiger partial charge in [0.15, 0.2) is 0 Å². The first-order valence-electron chi connectivity index (χ1n) is 7.51. The van der Waals surface area contributed by atoms with Crippen LogP contribution in [0, 0.1) is 17.8 Å². The zero-order valence-electron chi connectivity index (χ0n) is 13.9. The summed E-state index contributed by atoms with van der Waals surface area (Å²) in [7, 11) is 0. The van der Waals surface area contributed by atoms with Crippen LogP contribution in [0.3, 0.4) is 0 Å². The molecule has 0 heterocycles. The number of alkyl carbamates (subject to hydrolysis) is 1. The van der Waals surface area contributed by atoms with Crippen molar-refractivity contribution in [1.29, 1.82) is 0 Å². The molecule has 2 N–H and O–H groups in total. The van der Waals surface area contributed by atoms with Gasteiger partial charge in [-0.2, -0.15) is 0 Å². The predicted octanol–water partition coefficient (Wildman–Crippen LogP) is 2.39. The van der Waals surface area contributed by atoms with Crippen LogP contribution in [0.4, 0.5) is 4.79 Å². The van der Waals surface area contributed by atoms with Gasteiger partial charge in [0.1, 0.15) is 0 Å². The van der Waals surface area contributed by atoms with Gasteiger partial charge in [-0.25, -0.2) is 4.79 Å². The van der Waals surface area contributed by atoms with E-state index in [1.54, 1.807) is 13.8 Å². The molecule has 7 nitrogen and oxygen atoms in total. The smallest absolute Gasteiger partial charge is 0.410 e. The summed E-state index contributed by atoms with van der Waals surface area (Å²) in [5, 5.41) is 11.5. The number of ether oxygens (including phenoxy) is 2. The van der Waals surface area contributed by atoms with Gasteiger partial charge in [-0.15, -0.1) is 0 Å². The van der Waals surface area contributed by atoms with E-state index in [-0.39, 0.29) is 12.5 Å². The molecule has 2 atom stereocenters. The Kier molecular flexibility index (Phi) is 9.21. The first-order chi connectivity index (χ1) is 10.1. The van der Waals surface area contributed by atoms with Gasteiger partial charge in [0, 0.05) is 13.5 Å². The van der Waals surface area contributed by atoms with Crippen molar-refractivity contribution in [2.45, 2.75) is 53.8 Å². The standard InChI is InChI=1S/C15H27NO6/c1-9(2)6-7-12(13(17)18)8-16-15(20)22-11(5)21-14(19)10(3)4/h9-12H,6-8H2,1-5H3,(H,16,20)(H,17,18)/t11-,12?/m1/s1. The Morgan fingerprint density at radius 3 is 2.05 bits per heavy atom. The zero-order chi connectivity index (χ0) is 17.3. The highest BCUT2D eigenvalue weighted by molar-refractivity contribution is 5.73. The predicted molar refractivity (Wildman–Crippen MR) is 80.1 cm³/mol. The number of carboxylic acid groups (broad SMARTS) is 1. The Balaban J connectivity index is 4.18. The molecule has 0 aliphatic heterocycles. The fourth-order valence-electron chi connectivity index (χ4n) is 1.57. The summed E-state index contributed by atoms with van der Waals surface area (Å²) in [5.41, 5.74) is 0. The Bertz CT molecular complexity index is 380. The molecule has 0 radical (unpaired) electrons. The van der Waals surface area contributed by atoms with Gasteiger partial charge < -0.3 is 19.9 Å². The molecule has 0 aliphatic carbocycles. The largest absolute Gasteiger partial charge is 0.481 e. The van der Waals surface area contributed by atoms with Crippen molar-refractivity contribution >= 4 is 18.0 Å². The van der Waals surface area contributed by atoms with Crippen LogP contribution in [0.25, 0.3) is 0 Å². The summed E-state index contributed by atoms with van der Waals surface area (Å²) in [6, 6.07) is 0. The normalized spacial score (nSPS) is 13.6. The highest BCUT2D eigenvalue weighted by Gasteiger charge is 2.21. The van der Waals surface area contributed by atoms with Crippen molar-refractivity contribution in [3.8, 4) is 0 Å². The minimum absolute atomic E-state index is 0.0221. The molecular formula is C15H27NO6. The number of nitrogens with one attached hydrogen (secondary N) is 1. The first kappa shape index (κ1) is 20.2. The lowest BCUT2D eigenvalue weighted by Gasteiger charge is -2.17. The molecule has 128 valence electrons. The summed E-state index contributed by atoms with van der Waals surface area (Å²) in [6.45, 7) is 8.75. The molecule has 1 amide bonds. The molecule has 0 aromatic carbocycles. The van der Waals surface area contributed by atoms with Crippen molar-refractivity contribution in [2.24, 2.45) is 17.8 Å². The van der Waals surface area contributed by atoms with Gasteiger partial charge in [0.25, 0.3) is 0 Å². The van der Waals surface area contributed by atoms with E-state index in [2.05, 4.69) is 5.32 Å². The molecule has 0 aliphatic rings. The summed E-state index contributed by atoms with van der Waals surface area (Å²) in [5.74, 6) is -2.02. The highest BCUT2D eigenvalue weighted by Crippen LogP contribution is 2.12. The Morgan fingerprint density at radius 1 is 1.00 bits per heavy atom. The van der Waals surface area contributed by atoms with Crippen molar-refractivity contribution in [3.05, 3.63) is 0 Å². The molecule has 0 saturated heterocycles. The van der Waals surface area contributed by atoms with Crippen LogP contribution in [-0.2, 0) is 19.1 Å². The maximum absolute atomic E-state index is 11.6. The van der Waals surface area contributed by atoms with Gasteiger partial charge in [0.05, 0.1) is 11.8 Å². The average Bonchev–Trinajstić information content (AvgIpc) is 2.37. The van der Waals surface area contributed by atoms with E-state index < -0.39 is 30.2 Å². The molecule has 1 unspecified atom stereocenters. The van der Waals surface area contributed by atoms with Crippen molar-refractivity contribution in [1.82, 2.24) is 5.32 Å². The molecule has 0 saturated carbocycles. The number of hydrogen-bond donors (Lipinski definition) is 2. The van der Waals surface area contributed by atoms with Crippen LogP contribution in [0.15, 0.2) is 0 Å². The molecule has 0 aromatic heterocycles. The van der Waals surface area contributed by atoms with Gasteiger partial charge >= 0.3 is 18.0 Å². The topological polar surface area (TPSA) is 102 Å². The quantitative estimate of drug-likeness (QED) is 0.500. The SMILES string of the molecule is CC(C)CCC(CNC(=O)O[C@H](C)OC(=O)C(C)C)C(=O)O. The maximum atomic E-state index is 11.6. The van der Waals surface area contributed by atoms with Crippen LogP contribution in [-0.4, -0.2) is 36.0 Å². The van der Waals surface area contributed by atoms with Crippen molar-refractivity contribution in [3.63, 3.8) is 0 Å². The number of aliphatic carboxylic acids is 1. The zero-order valence-corrected chi connectivity index (χ0v) is 13.9. The van der Waals surface area contributed by atoms with Crippen LogP contribution in [0.1, 0.15) is 47.5 Å². The molecular weight excluding hydrogens is 290 g/mol. The molecule has 22 heavy (non-hydrogen) atoms. The second-order valence-electron chi connectivity index (χ2n) is 5.95. The first-order valence-corrected chi connectivity index (χ1v) is 7.51. The monoisotopic (exact) mass is 317 g/mol. The van der Waals surface area contributed by atoms with Crippen LogP contribution < -0.4 is 5.32 Å². The minimum atomic E-state index is -1.02. The highest BCUT2D eigenvalue weighted by atomic mass is 16.7. The molecule has 0 rings (SSSR count). The molecule has 0 aromatic rings. The second-order valence-corrected chi connectivity index (χ2v) is 5.95. The van der Waals surface area contributed by atoms with Gasteiger partial charge in [0.2, 0.25) is 6.29 Å². The van der Waals surface area contributed by atoms with Crippen molar-refractivity contribution in [2.75, 3.05) is 6.54 Å². The van der Waals surface area contributed by atoms with Crippen LogP contribution >= 0.6 is 0 Å². The van der Waals surface area contributed by atoms with E-state index in [1.807, 2.05) is 13.8 Å². The van der Waals surface area contributed by atoms with Gasteiger partial charge in [-0.1, -0.05) is 34.1 Å². The molecule has 0 bridgehead atoms. The number of hydrogen-bond acceptors (Lipinski definition) is 5. The maximum Gasteiger partial charge on any atom is 0.410 e. The van der Waals surface area contributed by atoms with E-state index in [9.17, 15) is 14.4 Å². The summed E-state index contributed by atoms with van der Waals surface area (Å²) < 4.78 is 9.72. The fraction of sp³-hybridized carbons (Fsp3) is 0.800. The van der Waals surface area contributed by atoms with Crippen molar-refractivity contribution < 1.29 is 29.0 Å². The summed E-state index contributed by atoms with van der Waals surface area (Å²) >= 11 is 0. The lowest BCUT2D eigenvalue weighted by atomic mass is 9.98. The number of esters is 1. The fourth-order valence-corrected chi connectivity index (χ4v) is 1.57. The summed E-state index contributed by atoms with van der Waals surface area (Å²) in [6.07, 6.45) is -0.588. The van der Waals surface area contributed by atoms with E-state index >= 15 is 0 Å². The third-order valence-corrected chi connectivity index (χ3v) is 2.96. The Labute approximate surface area is 131 Å². The summed E-state index contributed by atoms with van der Waals surface area (Å²) in [4.78, 5) is 34.0. The number of carboxylic acids is 1. The number of amides is 1. The third kappa shape index (κ3) is 9.20. The van der Waals surface area contributed by atoms with Crippen LogP contribution in [0.5, 0.6) is 0 Å². The second kappa shape index (κ2) is 10.0. The Hall–Kier alpha value is -1.79. The van der Waals surface area contributed by atoms with Crippen LogP contribution in [0.2, 0.25) is 0 Å². The average molecular weight is 317 g/mol. The van der Waals surface area contributed by atoms with E-state index in [4.69, 9.17) is 14.6 Å². The van der Waals surface area contributed by atoms with E-state index in [1.165, 1.54) is 6.92 Å². The van der Waals surface area contributed by atoms with E-state index in [0.717, 1.165) is 6.42 Å². The molecule has 7 heteroatoms. The van der Waals surface area contributed by atoms with E-state index in [0.29, 0.717) is 12.3 Å². The lowest BCUT2D eigenvalue weighted by molar-refractivity contribution is -0.168. The minimum Gasteiger partial charge on any atom is -0.481 e. The lowest BCUT2D eigenvalue weighted by Crippen LogP contribution is -2.36. The van der Waals surface area contributed by atoms with Gasteiger partial charge in [-0.3, -0.25) is 9.59 Å². The Morgan fingerprint density at radius 2 is 1.59 bits per heavy atom. The number of rotatable bonds is 9.